The maximum Gasteiger partial charge on any atom is 0.152 e. The number of anilines is 1. The van der Waals surface area contributed by atoms with Crippen LogP contribution in [0.3, 0.4) is 0 Å². The second-order valence-electron chi connectivity index (χ2n) is 4.82. The van der Waals surface area contributed by atoms with Crippen LogP contribution in [-0.2, 0) is 13.1 Å². The summed E-state index contributed by atoms with van der Waals surface area (Å²) in [5.41, 5.74) is 1.20. The van der Waals surface area contributed by atoms with Crippen LogP contribution >= 0.6 is 0 Å². The molecule has 1 N–H and O–H groups in total. The topological polar surface area (TPSA) is 58.9 Å². The van der Waals surface area contributed by atoms with Crippen LogP contribution in [0.2, 0.25) is 0 Å². The molecule has 0 radical (unpaired) electrons. The van der Waals surface area contributed by atoms with Gasteiger partial charge in [-0.2, -0.15) is 0 Å². The molecule has 0 amide bonds. The molecule has 19 heavy (non-hydrogen) atoms. The predicted octanol–water partition coefficient (Wildman–Crippen LogP) is 0.974. The molecule has 2 aromatic rings. The molecule has 0 aromatic carbocycles. The molecular formula is C13H18N6. The Morgan fingerprint density at radius 3 is 2.95 bits per heavy atom. The molecule has 0 spiro atoms. The first-order valence-corrected chi connectivity index (χ1v) is 6.53. The summed E-state index contributed by atoms with van der Waals surface area (Å²) in [6.07, 6.45) is 3.73. The van der Waals surface area contributed by atoms with E-state index in [1.54, 1.807) is 6.33 Å². The number of rotatable bonds is 3. The molecule has 3 rings (SSSR count). The normalized spacial score (nSPS) is 16.2. The zero-order valence-electron chi connectivity index (χ0n) is 11.2. The minimum Gasteiger partial charge on any atom is -0.347 e. The molecule has 1 aliphatic rings. The molecule has 1 aliphatic heterocycles. The fourth-order valence-corrected chi connectivity index (χ4v) is 2.27. The van der Waals surface area contributed by atoms with Crippen molar-refractivity contribution in [1.29, 1.82) is 0 Å². The first-order chi connectivity index (χ1) is 9.28. The number of nitrogens with zero attached hydrogens (tertiary/aromatic N) is 5. The summed E-state index contributed by atoms with van der Waals surface area (Å²) in [6, 6.07) is 4.53. The monoisotopic (exact) mass is 258 g/mol. The van der Waals surface area contributed by atoms with Gasteiger partial charge in [0.25, 0.3) is 0 Å². The summed E-state index contributed by atoms with van der Waals surface area (Å²) in [7, 11) is 1.95. The highest BCUT2D eigenvalue weighted by atomic mass is 15.3. The number of hydrogen-bond acceptors (Lipinski definition) is 5. The maximum absolute atomic E-state index is 4.56. The number of aromatic nitrogens is 4. The molecule has 2 aromatic heterocycles. The second kappa shape index (κ2) is 4.97. The summed E-state index contributed by atoms with van der Waals surface area (Å²) in [6.45, 7) is 4.76. The van der Waals surface area contributed by atoms with Crippen LogP contribution in [-0.4, -0.2) is 33.3 Å². The highest BCUT2D eigenvalue weighted by Crippen LogP contribution is 2.19. The number of pyridine rings is 1. The molecule has 0 saturated carbocycles. The Morgan fingerprint density at radius 2 is 2.21 bits per heavy atom. The van der Waals surface area contributed by atoms with Crippen LogP contribution < -0.4 is 10.2 Å². The summed E-state index contributed by atoms with van der Waals surface area (Å²) < 4.78 is 2.09. The zero-order chi connectivity index (χ0) is 13.2. The van der Waals surface area contributed by atoms with Gasteiger partial charge in [0.2, 0.25) is 0 Å². The highest BCUT2D eigenvalue weighted by molar-refractivity contribution is 5.40. The van der Waals surface area contributed by atoms with E-state index in [9.17, 15) is 0 Å². The number of hydrogen-bond donors (Lipinski definition) is 1. The Labute approximate surface area is 112 Å². The van der Waals surface area contributed by atoms with Gasteiger partial charge in [0.15, 0.2) is 5.82 Å². The molecule has 0 saturated heterocycles. The molecule has 100 valence electrons. The van der Waals surface area contributed by atoms with Crippen LogP contribution in [0.4, 0.5) is 5.82 Å². The molecule has 1 atom stereocenters. The first-order valence-electron chi connectivity index (χ1n) is 6.53. The smallest absolute Gasteiger partial charge is 0.152 e. The Bertz CT molecular complexity index is 547. The predicted molar refractivity (Wildman–Crippen MR) is 72.8 cm³/mol. The second-order valence-corrected chi connectivity index (χ2v) is 4.82. The molecule has 0 aliphatic carbocycles. The maximum atomic E-state index is 4.56. The van der Waals surface area contributed by atoms with Crippen LogP contribution in [0.25, 0.3) is 0 Å². The van der Waals surface area contributed by atoms with E-state index in [1.165, 1.54) is 5.56 Å². The van der Waals surface area contributed by atoms with Gasteiger partial charge < -0.3 is 14.8 Å². The molecule has 6 nitrogen and oxygen atoms in total. The van der Waals surface area contributed by atoms with Gasteiger partial charge in [0.05, 0.1) is 6.54 Å². The fourth-order valence-electron chi connectivity index (χ4n) is 2.27. The van der Waals surface area contributed by atoms with Crippen molar-refractivity contribution in [3.63, 3.8) is 0 Å². The summed E-state index contributed by atoms with van der Waals surface area (Å²) >= 11 is 0. The van der Waals surface area contributed by atoms with Crippen LogP contribution in [0.5, 0.6) is 0 Å². The van der Waals surface area contributed by atoms with Gasteiger partial charge in [-0.25, -0.2) is 4.98 Å². The molecule has 0 bridgehead atoms. The molecule has 6 heteroatoms. The van der Waals surface area contributed by atoms with Crippen LogP contribution in [0, 0.1) is 0 Å². The fraction of sp³-hybridized carbons (Fsp3) is 0.462. The lowest BCUT2D eigenvalue weighted by molar-refractivity contribution is 0.555. The van der Waals surface area contributed by atoms with Crippen molar-refractivity contribution in [3.05, 3.63) is 36.0 Å². The third kappa shape index (κ3) is 2.31. The average molecular weight is 258 g/mol. The molecule has 3 heterocycles. The lowest BCUT2D eigenvalue weighted by atomic mass is 10.1. The van der Waals surface area contributed by atoms with Crippen molar-refractivity contribution in [1.82, 2.24) is 25.1 Å². The van der Waals surface area contributed by atoms with Gasteiger partial charge >= 0.3 is 0 Å². The van der Waals surface area contributed by atoms with E-state index in [-0.39, 0.29) is 0 Å². The van der Waals surface area contributed by atoms with E-state index >= 15 is 0 Å². The molecular weight excluding hydrogens is 240 g/mol. The van der Waals surface area contributed by atoms with Crippen molar-refractivity contribution in [2.24, 2.45) is 0 Å². The van der Waals surface area contributed by atoms with Crippen molar-refractivity contribution >= 4 is 5.82 Å². The number of fused-ring (bicyclic) bond motifs is 1. The minimum atomic E-state index is 0.325. The molecule has 1 unspecified atom stereocenters. The van der Waals surface area contributed by atoms with E-state index < -0.39 is 0 Å². The average Bonchev–Trinajstić information content (AvgIpc) is 2.94. The third-order valence-electron chi connectivity index (χ3n) is 3.67. The standard InChI is InChI=1S/C13H18N6/c1-10(14-2)11-3-4-12(15-7-11)18-5-6-19-9-16-17-13(19)8-18/h3-4,7,9-10,14H,5-6,8H2,1-2H3. The summed E-state index contributed by atoms with van der Waals surface area (Å²) in [5.74, 6) is 2.00. The Kier molecular flexibility index (Phi) is 3.16. The number of nitrogens with one attached hydrogen (secondary N) is 1. The lowest BCUT2D eigenvalue weighted by Gasteiger charge is -2.28. The van der Waals surface area contributed by atoms with Gasteiger partial charge in [-0.15, -0.1) is 10.2 Å². The summed E-state index contributed by atoms with van der Waals surface area (Å²) in [5, 5.41) is 11.3. The molecule has 0 fully saturated rings. The van der Waals surface area contributed by atoms with Crippen LogP contribution in [0.1, 0.15) is 24.4 Å². The minimum absolute atomic E-state index is 0.325. The van der Waals surface area contributed by atoms with E-state index in [2.05, 4.69) is 49.0 Å². The van der Waals surface area contributed by atoms with Gasteiger partial charge in [-0.05, 0) is 25.6 Å². The quantitative estimate of drug-likeness (QED) is 0.889. The zero-order valence-corrected chi connectivity index (χ0v) is 11.2. The van der Waals surface area contributed by atoms with E-state index in [0.29, 0.717) is 6.04 Å². The highest BCUT2D eigenvalue weighted by Gasteiger charge is 2.18. The summed E-state index contributed by atoms with van der Waals surface area (Å²) in [4.78, 5) is 6.79. The van der Waals surface area contributed by atoms with E-state index in [1.807, 2.05) is 13.2 Å². The first kappa shape index (κ1) is 12.1. The van der Waals surface area contributed by atoms with Gasteiger partial charge in [0, 0.05) is 25.3 Å². The Morgan fingerprint density at radius 1 is 1.32 bits per heavy atom. The Balaban J connectivity index is 1.77. The van der Waals surface area contributed by atoms with Gasteiger partial charge in [-0.1, -0.05) is 6.07 Å². The van der Waals surface area contributed by atoms with Gasteiger partial charge in [0.1, 0.15) is 12.1 Å². The van der Waals surface area contributed by atoms with E-state index in [4.69, 9.17) is 0 Å². The van der Waals surface area contributed by atoms with Crippen molar-refractivity contribution in [2.75, 3.05) is 18.5 Å². The van der Waals surface area contributed by atoms with Gasteiger partial charge in [-0.3, -0.25) is 0 Å². The third-order valence-corrected chi connectivity index (χ3v) is 3.67. The Hall–Kier alpha value is -1.95. The largest absolute Gasteiger partial charge is 0.347 e. The van der Waals surface area contributed by atoms with Crippen molar-refractivity contribution in [2.45, 2.75) is 26.1 Å². The van der Waals surface area contributed by atoms with Crippen molar-refractivity contribution < 1.29 is 0 Å². The van der Waals surface area contributed by atoms with Crippen molar-refractivity contribution in [3.8, 4) is 0 Å². The van der Waals surface area contributed by atoms with E-state index in [0.717, 1.165) is 31.3 Å². The lowest BCUT2D eigenvalue weighted by Crippen LogP contribution is -2.34. The SMILES string of the molecule is CNC(C)c1ccc(N2CCn3cnnc3C2)nc1. The van der Waals surface area contributed by atoms with Crippen LogP contribution in [0.15, 0.2) is 24.7 Å².